The molecular formula is C19H27N3O3. The van der Waals surface area contributed by atoms with Crippen LogP contribution in [0.25, 0.3) is 0 Å². The highest BCUT2D eigenvalue weighted by molar-refractivity contribution is 5.98. The minimum absolute atomic E-state index is 0.0473. The van der Waals surface area contributed by atoms with Gasteiger partial charge in [0.25, 0.3) is 5.91 Å². The maximum absolute atomic E-state index is 12.8. The number of carbonyl (C=O) groups excluding carboxylic acids is 2. The summed E-state index contributed by atoms with van der Waals surface area (Å²) in [5.74, 6) is 0.489. The molecule has 6 nitrogen and oxygen atoms in total. The van der Waals surface area contributed by atoms with E-state index in [-0.39, 0.29) is 11.8 Å². The third-order valence-electron chi connectivity index (χ3n) is 5.03. The molecule has 2 aliphatic rings. The van der Waals surface area contributed by atoms with Gasteiger partial charge in [0.05, 0.1) is 24.9 Å². The lowest BCUT2D eigenvalue weighted by atomic mass is 9.95. The lowest BCUT2D eigenvalue weighted by molar-refractivity contribution is -0.128. The number of hydrogen-bond donors (Lipinski definition) is 1. The van der Waals surface area contributed by atoms with Gasteiger partial charge in [-0.1, -0.05) is 33.6 Å². The Hall–Kier alpha value is -2.11. The molecular weight excluding hydrogens is 318 g/mol. The molecule has 1 aliphatic heterocycles. The van der Waals surface area contributed by atoms with Gasteiger partial charge in [0, 0.05) is 23.6 Å². The van der Waals surface area contributed by atoms with Gasteiger partial charge in [-0.25, -0.2) is 4.98 Å². The van der Waals surface area contributed by atoms with Crippen molar-refractivity contribution in [3.8, 4) is 5.88 Å². The predicted molar refractivity (Wildman–Crippen MR) is 94.2 cm³/mol. The third-order valence-corrected chi connectivity index (χ3v) is 5.03. The van der Waals surface area contributed by atoms with Crippen molar-refractivity contribution in [2.24, 2.45) is 5.41 Å². The molecule has 1 fully saturated rings. The van der Waals surface area contributed by atoms with E-state index in [4.69, 9.17) is 4.74 Å². The van der Waals surface area contributed by atoms with Crippen molar-refractivity contribution in [1.29, 1.82) is 0 Å². The van der Waals surface area contributed by atoms with Crippen LogP contribution in [-0.2, 0) is 17.9 Å². The van der Waals surface area contributed by atoms with Crippen LogP contribution < -0.4 is 10.1 Å². The van der Waals surface area contributed by atoms with E-state index < -0.39 is 5.41 Å². The lowest BCUT2D eigenvalue weighted by Gasteiger charge is -2.22. The molecule has 1 aromatic heterocycles. The van der Waals surface area contributed by atoms with Crippen LogP contribution in [-0.4, -0.2) is 34.8 Å². The largest absolute Gasteiger partial charge is 0.481 e. The molecule has 0 bridgehead atoms. The number of fused-ring (bicyclic) bond motifs is 1. The van der Waals surface area contributed by atoms with Gasteiger partial charge in [0.15, 0.2) is 0 Å². The van der Waals surface area contributed by atoms with E-state index in [0.717, 1.165) is 24.1 Å². The van der Waals surface area contributed by atoms with Crippen LogP contribution in [0.2, 0.25) is 0 Å². The van der Waals surface area contributed by atoms with Crippen molar-refractivity contribution in [1.82, 2.24) is 15.2 Å². The van der Waals surface area contributed by atoms with E-state index in [1.54, 1.807) is 7.11 Å². The lowest BCUT2D eigenvalue weighted by Crippen LogP contribution is -2.34. The fraction of sp³-hybridized carbons (Fsp3) is 0.632. The first-order valence-corrected chi connectivity index (χ1v) is 8.97. The summed E-state index contributed by atoms with van der Waals surface area (Å²) in [5, 5.41) is 2.90. The fourth-order valence-corrected chi connectivity index (χ4v) is 3.52. The zero-order valence-electron chi connectivity index (χ0n) is 15.5. The normalized spacial score (nSPS) is 17.8. The van der Waals surface area contributed by atoms with Gasteiger partial charge < -0.3 is 15.0 Å². The number of rotatable bonds is 4. The first kappa shape index (κ1) is 17.7. The van der Waals surface area contributed by atoms with Gasteiger partial charge in [-0.15, -0.1) is 0 Å². The molecule has 136 valence electrons. The third kappa shape index (κ3) is 3.48. The van der Waals surface area contributed by atoms with Gasteiger partial charge in [-0.2, -0.15) is 0 Å². The van der Waals surface area contributed by atoms with Crippen LogP contribution in [0.4, 0.5) is 0 Å². The Bertz CT molecular complexity index is 688. The van der Waals surface area contributed by atoms with Crippen LogP contribution in [0.1, 0.15) is 68.1 Å². The minimum Gasteiger partial charge on any atom is -0.481 e. The smallest absolute Gasteiger partial charge is 0.256 e. The van der Waals surface area contributed by atoms with E-state index in [1.807, 2.05) is 31.7 Å². The molecule has 1 aromatic rings. The summed E-state index contributed by atoms with van der Waals surface area (Å²) in [6.45, 7) is 6.45. The summed E-state index contributed by atoms with van der Waals surface area (Å²) in [5.41, 5.74) is 1.69. The van der Waals surface area contributed by atoms with Crippen molar-refractivity contribution in [2.75, 3.05) is 7.11 Å². The second-order valence-electron chi connectivity index (χ2n) is 7.96. The molecule has 1 saturated carbocycles. The van der Waals surface area contributed by atoms with Crippen LogP contribution in [0.15, 0.2) is 6.07 Å². The molecule has 1 N–H and O–H groups in total. The molecule has 0 aromatic carbocycles. The minimum atomic E-state index is -0.466. The zero-order chi connectivity index (χ0) is 18.2. The Morgan fingerprint density at radius 3 is 2.64 bits per heavy atom. The summed E-state index contributed by atoms with van der Waals surface area (Å²) in [6.07, 6.45) is 4.52. The Morgan fingerprint density at radius 2 is 2.04 bits per heavy atom. The molecule has 0 unspecified atom stereocenters. The maximum Gasteiger partial charge on any atom is 0.256 e. The Morgan fingerprint density at radius 1 is 1.36 bits per heavy atom. The molecule has 6 heteroatoms. The van der Waals surface area contributed by atoms with Gasteiger partial charge >= 0.3 is 0 Å². The molecule has 3 rings (SSSR count). The van der Waals surface area contributed by atoms with Crippen molar-refractivity contribution in [2.45, 2.75) is 65.6 Å². The number of pyridine rings is 1. The van der Waals surface area contributed by atoms with E-state index >= 15 is 0 Å². The predicted octanol–water partition coefficient (Wildman–Crippen LogP) is 2.65. The Kier molecular flexibility index (Phi) is 4.71. The molecule has 1 aliphatic carbocycles. The van der Waals surface area contributed by atoms with Crippen LogP contribution in [0.3, 0.4) is 0 Å². The highest BCUT2D eigenvalue weighted by atomic mass is 16.5. The molecule has 2 amide bonds. The highest BCUT2D eigenvalue weighted by Gasteiger charge is 2.36. The maximum atomic E-state index is 12.8. The van der Waals surface area contributed by atoms with E-state index in [2.05, 4.69) is 10.3 Å². The van der Waals surface area contributed by atoms with Gasteiger partial charge in [0.1, 0.15) is 0 Å². The molecule has 0 spiro atoms. The number of carbonyl (C=O) groups is 2. The van der Waals surface area contributed by atoms with Crippen LogP contribution >= 0.6 is 0 Å². The molecule has 25 heavy (non-hydrogen) atoms. The highest BCUT2D eigenvalue weighted by Crippen LogP contribution is 2.33. The number of nitrogens with zero attached hydrogens (tertiary/aromatic N) is 2. The van der Waals surface area contributed by atoms with Crippen molar-refractivity contribution < 1.29 is 14.3 Å². The van der Waals surface area contributed by atoms with Crippen LogP contribution in [0.5, 0.6) is 5.88 Å². The fourth-order valence-electron chi connectivity index (χ4n) is 3.52. The van der Waals surface area contributed by atoms with Gasteiger partial charge in [-0.05, 0) is 18.9 Å². The van der Waals surface area contributed by atoms with Crippen LogP contribution in [0, 0.1) is 5.41 Å². The van der Waals surface area contributed by atoms with Gasteiger partial charge in [0.2, 0.25) is 11.8 Å². The summed E-state index contributed by atoms with van der Waals surface area (Å²) in [6, 6.07) is 2.17. The quantitative estimate of drug-likeness (QED) is 0.911. The topological polar surface area (TPSA) is 71.5 Å². The van der Waals surface area contributed by atoms with Crippen molar-refractivity contribution in [3.05, 3.63) is 22.9 Å². The van der Waals surface area contributed by atoms with Crippen molar-refractivity contribution >= 4 is 11.8 Å². The van der Waals surface area contributed by atoms with Gasteiger partial charge in [-0.3, -0.25) is 9.59 Å². The number of nitrogens with one attached hydrogen (secondary N) is 1. The van der Waals surface area contributed by atoms with Crippen molar-refractivity contribution in [3.63, 3.8) is 0 Å². The average molecular weight is 345 g/mol. The first-order chi connectivity index (χ1) is 11.8. The zero-order valence-corrected chi connectivity index (χ0v) is 15.5. The second-order valence-corrected chi connectivity index (χ2v) is 7.96. The Labute approximate surface area is 148 Å². The summed E-state index contributed by atoms with van der Waals surface area (Å²) < 4.78 is 5.39. The monoisotopic (exact) mass is 345 g/mol. The average Bonchev–Trinajstić information content (AvgIpc) is 3.19. The molecule has 2 heterocycles. The van der Waals surface area contributed by atoms with E-state index in [9.17, 15) is 9.59 Å². The first-order valence-electron chi connectivity index (χ1n) is 8.97. The summed E-state index contributed by atoms with van der Waals surface area (Å²) in [4.78, 5) is 31.4. The summed E-state index contributed by atoms with van der Waals surface area (Å²) in [7, 11) is 1.56. The van der Waals surface area contributed by atoms with E-state index in [1.165, 1.54) is 12.8 Å². The van der Waals surface area contributed by atoms with E-state index in [0.29, 0.717) is 30.6 Å². The number of ether oxygens (including phenoxy) is 1. The standard InChI is InChI=1S/C19H27N3O3/c1-19(2,3)18(24)20-10-12-9-14-15(21-16(12)25-4)11-22(17(14)23)13-7-5-6-8-13/h9,13H,5-8,10-11H2,1-4H3,(H,20,24). The number of aromatic nitrogens is 1. The number of amides is 2. The second kappa shape index (κ2) is 6.65. The number of methoxy groups -OCH3 is 1. The Balaban J connectivity index is 1.81. The molecule has 0 atom stereocenters. The number of hydrogen-bond acceptors (Lipinski definition) is 4. The molecule has 0 radical (unpaired) electrons. The molecule has 0 saturated heterocycles. The SMILES string of the molecule is COc1nc2c(cc1CNC(=O)C(C)(C)C)C(=O)N(C1CCCC1)C2. The summed E-state index contributed by atoms with van der Waals surface area (Å²) >= 11 is 0.